The third kappa shape index (κ3) is 5.47. The maximum Gasteiger partial charge on any atom is 0.332 e. The van der Waals surface area contributed by atoms with E-state index in [1.807, 2.05) is 0 Å². The average Bonchev–Trinajstić information content (AvgIpc) is 3.11. The largest absolute Gasteiger partial charge is 0.352 e. The fraction of sp³-hybridized carbons (Fsp3) is 0.765. The van der Waals surface area contributed by atoms with Crippen molar-refractivity contribution in [2.45, 2.75) is 57.3 Å². The second kappa shape index (κ2) is 9.76. The van der Waals surface area contributed by atoms with Crippen molar-refractivity contribution in [3.05, 3.63) is 33.1 Å². The van der Waals surface area contributed by atoms with Crippen LogP contribution in [0.1, 0.15) is 51.2 Å². The predicted octanol–water partition coefficient (Wildman–Crippen LogP) is 2.70. The fourth-order valence-corrected chi connectivity index (χ4v) is 4.38. The van der Waals surface area contributed by atoms with Crippen LogP contribution in [0, 0.1) is 5.92 Å². The van der Waals surface area contributed by atoms with Crippen molar-refractivity contribution in [3.8, 4) is 0 Å². The van der Waals surface area contributed by atoms with Crippen molar-refractivity contribution in [2.24, 2.45) is 5.92 Å². The molecule has 8 nitrogen and oxygen atoms in total. The monoisotopic (exact) mass is 386 g/mol. The minimum atomic E-state index is -1.37. The first-order chi connectivity index (χ1) is 12.7. The average molecular weight is 386 g/mol. The molecular weight excluding hydrogens is 359 g/mol. The van der Waals surface area contributed by atoms with E-state index in [0.29, 0.717) is 25.6 Å². The van der Waals surface area contributed by atoms with Gasteiger partial charge in [0.2, 0.25) is 0 Å². The van der Waals surface area contributed by atoms with Gasteiger partial charge in [0, 0.05) is 19.4 Å². The molecule has 0 radical (unpaired) electrons. The van der Waals surface area contributed by atoms with Crippen LogP contribution in [0.25, 0.3) is 0 Å². The Bertz CT molecular complexity index is 672. The van der Waals surface area contributed by atoms with Crippen LogP contribution < -0.4 is 11.2 Å². The third-order valence-corrected chi connectivity index (χ3v) is 5.92. The van der Waals surface area contributed by atoms with Gasteiger partial charge in [-0.25, -0.2) is 4.79 Å². The van der Waals surface area contributed by atoms with Gasteiger partial charge in [0.05, 0.1) is 19.3 Å². The summed E-state index contributed by atoms with van der Waals surface area (Å²) in [5.74, 6) is 0.603. The second-order valence-electron chi connectivity index (χ2n) is 6.81. The number of nitrogens with zero attached hydrogens (tertiary/aromatic N) is 1. The van der Waals surface area contributed by atoms with Crippen LogP contribution in [-0.4, -0.2) is 36.0 Å². The molecule has 0 amide bonds. The van der Waals surface area contributed by atoms with Gasteiger partial charge in [0.25, 0.3) is 5.56 Å². The van der Waals surface area contributed by atoms with Crippen LogP contribution in [0.4, 0.5) is 0 Å². The molecule has 1 aliphatic heterocycles. The zero-order valence-corrected chi connectivity index (χ0v) is 16.0. The Morgan fingerprint density at radius 2 is 1.92 bits per heavy atom. The number of hydrogen-bond donors (Lipinski definition) is 1. The van der Waals surface area contributed by atoms with Gasteiger partial charge in [-0.15, -0.1) is 0 Å². The van der Waals surface area contributed by atoms with E-state index in [0.717, 1.165) is 6.42 Å². The maximum absolute atomic E-state index is 11.8. The first kappa shape index (κ1) is 19.7. The number of nitrogens with one attached hydrogen (secondary N) is 1. The Morgan fingerprint density at radius 3 is 2.65 bits per heavy atom. The summed E-state index contributed by atoms with van der Waals surface area (Å²) in [7, 11) is 0.213. The highest BCUT2D eigenvalue weighted by molar-refractivity contribution is 7.41. The number of aromatic amines is 1. The van der Waals surface area contributed by atoms with Gasteiger partial charge < -0.3 is 18.3 Å². The molecule has 26 heavy (non-hydrogen) atoms. The Labute approximate surface area is 153 Å². The zero-order valence-electron chi connectivity index (χ0n) is 15.1. The zero-order chi connectivity index (χ0) is 18.4. The molecule has 0 bridgehead atoms. The molecule has 3 unspecified atom stereocenters. The van der Waals surface area contributed by atoms with Crippen LogP contribution in [0.3, 0.4) is 0 Å². The van der Waals surface area contributed by atoms with E-state index in [2.05, 4.69) is 4.98 Å². The molecule has 1 aliphatic carbocycles. The summed E-state index contributed by atoms with van der Waals surface area (Å²) >= 11 is 0. The number of aromatic nitrogens is 2. The van der Waals surface area contributed by atoms with E-state index < -0.39 is 19.9 Å². The maximum atomic E-state index is 11.8. The number of hydrogen-bond acceptors (Lipinski definition) is 6. The Kier molecular flexibility index (Phi) is 7.40. The molecule has 1 aromatic rings. The molecule has 1 saturated carbocycles. The summed E-state index contributed by atoms with van der Waals surface area (Å²) < 4.78 is 24.1. The van der Waals surface area contributed by atoms with Crippen LogP contribution in [-0.2, 0) is 18.3 Å². The lowest BCUT2D eigenvalue weighted by atomic mass is 9.90. The van der Waals surface area contributed by atoms with Crippen molar-refractivity contribution in [1.82, 2.24) is 9.55 Å². The van der Waals surface area contributed by atoms with E-state index >= 15 is 0 Å². The summed E-state index contributed by atoms with van der Waals surface area (Å²) in [5, 5.41) is 0. The molecule has 1 saturated heterocycles. The topological polar surface area (TPSA) is 91.8 Å². The quantitative estimate of drug-likeness (QED) is 0.691. The summed E-state index contributed by atoms with van der Waals surface area (Å²) in [6, 6.07) is 1.32. The summed E-state index contributed by atoms with van der Waals surface area (Å²) in [6.07, 6.45) is 8.72. The smallest absolute Gasteiger partial charge is 0.332 e. The van der Waals surface area contributed by atoms with E-state index in [9.17, 15) is 9.59 Å². The predicted molar refractivity (Wildman–Crippen MR) is 96.9 cm³/mol. The van der Waals surface area contributed by atoms with Gasteiger partial charge in [0.1, 0.15) is 6.23 Å². The molecule has 0 aromatic carbocycles. The van der Waals surface area contributed by atoms with E-state index in [1.165, 1.54) is 48.9 Å². The Balaban J connectivity index is 1.42. The lowest BCUT2D eigenvalue weighted by molar-refractivity contribution is -0.0237. The Hall–Kier alpha value is -1.05. The van der Waals surface area contributed by atoms with Gasteiger partial charge in [-0.3, -0.25) is 14.3 Å². The van der Waals surface area contributed by atoms with E-state index in [1.54, 1.807) is 7.11 Å². The van der Waals surface area contributed by atoms with E-state index in [-0.39, 0.29) is 12.3 Å². The highest BCUT2D eigenvalue weighted by Gasteiger charge is 2.29. The summed E-state index contributed by atoms with van der Waals surface area (Å²) in [5.41, 5.74) is -0.871. The van der Waals surface area contributed by atoms with Gasteiger partial charge in [-0.2, -0.15) is 0 Å². The van der Waals surface area contributed by atoms with Crippen LogP contribution in [0.2, 0.25) is 0 Å². The second-order valence-corrected chi connectivity index (χ2v) is 8.14. The highest BCUT2D eigenvalue weighted by Crippen LogP contribution is 2.41. The first-order valence-corrected chi connectivity index (χ1v) is 10.3. The minimum absolute atomic E-state index is 0.128. The molecule has 3 rings (SSSR count). The number of rotatable bonds is 8. The van der Waals surface area contributed by atoms with Crippen LogP contribution in [0.5, 0.6) is 0 Å². The fourth-order valence-electron chi connectivity index (χ4n) is 3.47. The summed E-state index contributed by atoms with van der Waals surface area (Å²) in [6.45, 7) is 1.04. The molecule has 2 heterocycles. The van der Waals surface area contributed by atoms with Gasteiger partial charge in [-0.05, 0) is 31.6 Å². The standard InChI is InChI=1S/C17H27N2O6P/c1-22-26(23-11-13-5-3-2-4-6-13)24-12-14-7-8-16(25-14)19-10-9-15(20)18-17(19)21/h9-10,13-14,16H,2-8,11-12H2,1H3,(H,18,20,21). The third-order valence-electron chi connectivity index (χ3n) is 4.90. The summed E-state index contributed by atoms with van der Waals surface area (Å²) in [4.78, 5) is 25.2. The van der Waals surface area contributed by atoms with E-state index in [4.69, 9.17) is 18.3 Å². The molecule has 1 N–H and O–H groups in total. The molecule has 0 spiro atoms. The molecule has 1 aromatic heterocycles. The van der Waals surface area contributed by atoms with Crippen molar-refractivity contribution < 1.29 is 18.3 Å². The molecular formula is C17H27N2O6P. The van der Waals surface area contributed by atoms with Crippen LogP contribution >= 0.6 is 8.60 Å². The van der Waals surface area contributed by atoms with Gasteiger partial charge in [-0.1, -0.05) is 19.3 Å². The minimum Gasteiger partial charge on any atom is -0.352 e. The molecule has 3 atom stereocenters. The molecule has 2 aliphatic rings. The molecule has 9 heteroatoms. The lowest BCUT2D eigenvalue weighted by Crippen LogP contribution is -2.31. The van der Waals surface area contributed by atoms with Gasteiger partial charge in [0.15, 0.2) is 0 Å². The van der Waals surface area contributed by atoms with Crippen LogP contribution in [0.15, 0.2) is 21.9 Å². The first-order valence-electron chi connectivity index (χ1n) is 9.22. The van der Waals surface area contributed by atoms with Crippen molar-refractivity contribution in [2.75, 3.05) is 20.3 Å². The van der Waals surface area contributed by atoms with Crippen molar-refractivity contribution in [1.29, 1.82) is 0 Å². The highest BCUT2D eigenvalue weighted by atomic mass is 31.2. The SMILES string of the molecule is COP(OCC1CCCCC1)OCC1CCC(n2ccc(=O)[nH]c2=O)O1. The normalized spacial score (nSPS) is 25.4. The molecule has 146 valence electrons. The Morgan fingerprint density at radius 1 is 1.15 bits per heavy atom. The van der Waals surface area contributed by atoms with Gasteiger partial charge >= 0.3 is 14.3 Å². The van der Waals surface area contributed by atoms with Crippen molar-refractivity contribution >= 4 is 8.60 Å². The molecule has 2 fully saturated rings. The number of H-pyrrole nitrogens is 1. The lowest BCUT2D eigenvalue weighted by Gasteiger charge is -2.23. The number of ether oxygens (including phenoxy) is 1. The van der Waals surface area contributed by atoms with Crippen molar-refractivity contribution in [3.63, 3.8) is 0 Å².